The molecular weight excluding hydrogens is 332 g/mol. The number of pyridine rings is 1. The van der Waals surface area contributed by atoms with Gasteiger partial charge in [0.05, 0.1) is 5.69 Å². The average Bonchev–Trinajstić information content (AvgIpc) is 3.01. The standard InChI is InChI=1S/C19H16N4O3/c24-11-20-12-4-6-13(7-5-12)21-19(26)17-15(25)9-8-14-18(17)22-16-3-1-2-10-23(14)16/h1-7,10-11,25H,8-9H2,(H,20,24)(H,21,26). The van der Waals surface area contributed by atoms with Crippen LogP contribution < -0.4 is 10.6 Å². The Balaban J connectivity index is 1.66. The molecule has 2 heterocycles. The van der Waals surface area contributed by atoms with Crippen LogP contribution in [-0.4, -0.2) is 26.8 Å². The summed E-state index contributed by atoms with van der Waals surface area (Å²) in [6, 6.07) is 12.4. The number of aromatic nitrogens is 2. The molecule has 1 aliphatic carbocycles. The van der Waals surface area contributed by atoms with Crippen LogP contribution in [0.5, 0.6) is 0 Å². The molecule has 130 valence electrons. The average molecular weight is 348 g/mol. The largest absolute Gasteiger partial charge is 0.511 e. The first kappa shape index (κ1) is 15.9. The molecule has 26 heavy (non-hydrogen) atoms. The number of amides is 2. The summed E-state index contributed by atoms with van der Waals surface area (Å²) in [6.45, 7) is 0. The Kier molecular flexibility index (Phi) is 3.89. The summed E-state index contributed by atoms with van der Waals surface area (Å²) in [5, 5.41) is 15.6. The molecular formula is C19H16N4O3. The predicted octanol–water partition coefficient (Wildman–Crippen LogP) is 2.76. The molecule has 1 aromatic carbocycles. The highest BCUT2D eigenvalue weighted by molar-refractivity contribution is 6.26. The predicted molar refractivity (Wildman–Crippen MR) is 97.8 cm³/mol. The molecule has 7 heteroatoms. The number of anilines is 2. The third kappa shape index (κ3) is 2.69. The molecule has 3 N–H and O–H groups in total. The molecule has 2 amide bonds. The summed E-state index contributed by atoms with van der Waals surface area (Å²) in [5.41, 5.74) is 3.54. The number of rotatable bonds is 4. The van der Waals surface area contributed by atoms with Gasteiger partial charge in [0.2, 0.25) is 6.41 Å². The molecule has 0 unspecified atom stereocenters. The van der Waals surface area contributed by atoms with E-state index in [-0.39, 0.29) is 11.3 Å². The van der Waals surface area contributed by atoms with Gasteiger partial charge in [-0.05, 0) is 42.8 Å². The van der Waals surface area contributed by atoms with Crippen LogP contribution in [0.3, 0.4) is 0 Å². The number of carbonyl (C=O) groups excluding carboxylic acids is 2. The first-order valence-electron chi connectivity index (χ1n) is 8.17. The van der Waals surface area contributed by atoms with Gasteiger partial charge in [-0.1, -0.05) is 6.07 Å². The first-order chi connectivity index (χ1) is 12.7. The number of allylic oxidation sites excluding steroid dienone is 1. The molecule has 3 aromatic rings. The molecule has 0 fully saturated rings. The lowest BCUT2D eigenvalue weighted by Crippen LogP contribution is -2.19. The Bertz CT molecular complexity index is 1030. The normalized spacial score (nSPS) is 13.4. The zero-order chi connectivity index (χ0) is 18.1. The number of aliphatic hydroxyl groups excluding tert-OH is 1. The van der Waals surface area contributed by atoms with Gasteiger partial charge in [-0.25, -0.2) is 4.98 Å². The topological polar surface area (TPSA) is 95.7 Å². The smallest absolute Gasteiger partial charge is 0.261 e. The third-order valence-corrected chi connectivity index (χ3v) is 4.35. The fraction of sp³-hybridized carbons (Fsp3) is 0.105. The lowest BCUT2D eigenvalue weighted by atomic mass is 9.97. The van der Waals surface area contributed by atoms with E-state index in [4.69, 9.17) is 0 Å². The number of fused-ring (bicyclic) bond motifs is 3. The third-order valence-electron chi connectivity index (χ3n) is 4.35. The second-order valence-corrected chi connectivity index (χ2v) is 5.95. The van der Waals surface area contributed by atoms with Crippen molar-refractivity contribution < 1.29 is 14.7 Å². The Morgan fingerprint density at radius 3 is 2.65 bits per heavy atom. The number of nitrogens with zero attached hydrogens (tertiary/aromatic N) is 2. The van der Waals surface area contributed by atoms with Gasteiger partial charge in [0.15, 0.2) is 0 Å². The van der Waals surface area contributed by atoms with Crippen molar-refractivity contribution in [3.05, 3.63) is 65.8 Å². The van der Waals surface area contributed by atoms with Crippen molar-refractivity contribution in [2.24, 2.45) is 0 Å². The van der Waals surface area contributed by atoms with Crippen molar-refractivity contribution in [1.29, 1.82) is 0 Å². The number of nitrogens with one attached hydrogen (secondary N) is 2. The summed E-state index contributed by atoms with van der Waals surface area (Å²) < 4.78 is 1.94. The summed E-state index contributed by atoms with van der Waals surface area (Å²) in [5.74, 6) is -0.374. The minimum Gasteiger partial charge on any atom is -0.511 e. The number of benzene rings is 1. The van der Waals surface area contributed by atoms with Gasteiger partial charge in [-0.2, -0.15) is 0 Å². The minimum absolute atomic E-state index is 0.0395. The summed E-state index contributed by atoms with van der Waals surface area (Å²) in [6.07, 6.45) is 3.50. The van der Waals surface area contributed by atoms with E-state index >= 15 is 0 Å². The number of imidazole rings is 1. The quantitative estimate of drug-likeness (QED) is 0.632. The van der Waals surface area contributed by atoms with Crippen LogP contribution >= 0.6 is 0 Å². The van der Waals surface area contributed by atoms with Crippen LogP contribution in [-0.2, 0) is 16.0 Å². The van der Waals surface area contributed by atoms with Gasteiger partial charge in [-0.15, -0.1) is 0 Å². The van der Waals surface area contributed by atoms with Crippen molar-refractivity contribution in [1.82, 2.24) is 9.38 Å². The van der Waals surface area contributed by atoms with E-state index in [0.717, 1.165) is 11.3 Å². The van der Waals surface area contributed by atoms with Gasteiger partial charge in [-0.3, -0.25) is 9.59 Å². The van der Waals surface area contributed by atoms with E-state index in [9.17, 15) is 14.7 Å². The van der Waals surface area contributed by atoms with Gasteiger partial charge < -0.3 is 20.1 Å². The highest BCUT2D eigenvalue weighted by Gasteiger charge is 2.28. The van der Waals surface area contributed by atoms with Crippen LogP contribution in [0.2, 0.25) is 0 Å². The fourth-order valence-electron chi connectivity index (χ4n) is 3.13. The lowest BCUT2D eigenvalue weighted by molar-refractivity contribution is -0.111. The summed E-state index contributed by atoms with van der Waals surface area (Å²) >= 11 is 0. The van der Waals surface area contributed by atoms with Crippen molar-refractivity contribution >= 4 is 34.9 Å². The fourth-order valence-corrected chi connectivity index (χ4v) is 3.13. The molecule has 0 spiro atoms. The van der Waals surface area contributed by atoms with Crippen molar-refractivity contribution in [2.75, 3.05) is 10.6 Å². The number of aliphatic hydroxyl groups is 1. The van der Waals surface area contributed by atoms with Crippen LogP contribution in [0.1, 0.15) is 17.8 Å². The molecule has 0 aliphatic heterocycles. The van der Waals surface area contributed by atoms with E-state index in [0.29, 0.717) is 36.3 Å². The number of hydrogen-bond acceptors (Lipinski definition) is 4. The van der Waals surface area contributed by atoms with Crippen molar-refractivity contribution in [3.8, 4) is 0 Å². The Morgan fingerprint density at radius 2 is 1.88 bits per heavy atom. The summed E-state index contributed by atoms with van der Waals surface area (Å²) in [4.78, 5) is 27.7. The second-order valence-electron chi connectivity index (χ2n) is 5.95. The molecule has 2 aromatic heterocycles. The van der Waals surface area contributed by atoms with Gasteiger partial charge in [0, 0.05) is 24.0 Å². The van der Waals surface area contributed by atoms with Crippen LogP contribution in [0, 0.1) is 0 Å². The maximum absolute atomic E-state index is 12.8. The molecule has 0 bridgehead atoms. The number of hydrogen-bond donors (Lipinski definition) is 3. The van der Waals surface area contributed by atoms with Gasteiger partial charge in [0.1, 0.15) is 22.7 Å². The van der Waals surface area contributed by atoms with Crippen LogP contribution in [0.4, 0.5) is 11.4 Å². The Morgan fingerprint density at radius 1 is 1.12 bits per heavy atom. The monoisotopic (exact) mass is 348 g/mol. The number of aryl methyl sites for hydroxylation is 1. The maximum atomic E-state index is 12.8. The SMILES string of the molecule is O=CNc1ccc(NC(=O)C2=C(O)CCc3c2nc2ccccn32)cc1. The summed E-state index contributed by atoms with van der Waals surface area (Å²) in [7, 11) is 0. The Hall–Kier alpha value is -3.61. The van der Waals surface area contributed by atoms with Gasteiger partial charge in [0.25, 0.3) is 5.91 Å². The molecule has 1 aliphatic rings. The first-order valence-corrected chi connectivity index (χ1v) is 8.17. The molecule has 0 atom stereocenters. The van der Waals surface area contributed by atoms with Crippen molar-refractivity contribution in [3.63, 3.8) is 0 Å². The lowest BCUT2D eigenvalue weighted by Gasteiger charge is -2.16. The Labute approximate surface area is 149 Å². The minimum atomic E-state index is -0.414. The maximum Gasteiger partial charge on any atom is 0.261 e. The molecule has 4 rings (SSSR count). The molecule has 0 saturated carbocycles. The van der Waals surface area contributed by atoms with Crippen LogP contribution in [0.15, 0.2) is 54.4 Å². The number of carbonyl (C=O) groups is 2. The van der Waals surface area contributed by atoms with Crippen molar-refractivity contribution in [2.45, 2.75) is 12.8 Å². The van der Waals surface area contributed by atoms with E-state index in [1.807, 2.05) is 28.8 Å². The van der Waals surface area contributed by atoms with Gasteiger partial charge >= 0.3 is 0 Å². The van der Waals surface area contributed by atoms with E-state index < -0.39 is 5.91 Å². The highest BCUT2D eigenvalue weighted by Crippen LogP contribution is 2.31. The van der Waals surface area contributed by atoms with Crippen LogP contribution in [0.25, 0.3) is 11.2 Å². The van der Waals surface area contributed by atoms with E-state index in [2.05, 4.69) is 15.6 Å². The zero-order valence-electron chi connectivity index (χ0n) is 13.8. The molecule has 0 radical (unpaired) electrons. The zero-order valence-corrected chi connectivity index (χ0v) is 13.8. The molecule has 0 saturated heterocycles. The van der Waals surface area contributed by atoms with E-state index in [1.54, 1.807) is 24.3 Å². The second kappa shape index (κ2) is 6.36. The van der Waals surface area contributed by atoms with E-state index in [1.165, 1.54) is 0 Å². The molecule has 7 nitrogen and oxygen atoms in total. The highest BCUT2D eigenvalue weighted by atomic mass is 16.3.